The number of sulfonamides is 1. The van der Waals surface area contributed by atoms with Crippen molar-refractivity contribution in [1.29, 1.82) is 0 Å². The smallest absolute Gasteiger partial charge is 0.242 e. The van der Waals surface area contributed by atoms with E-state index in [2.05, 4.69) is 20.7 Å². The highest BCUT2D eigenvalue weighted by atomic mass is 79.9. The van der Waals surface area contributed by atoms with Crippen LogP contribution >= 0.6 is 15.9 Å². The summed E-state index contributed by atoms with van der Waals surface area (Å²) in [5.74, 6) is -0.647. The zero-order valence-electron chi connectivity index (χ0n) is 10.1. The molecule has 19 heavy (non-hydrogen) atoms. The molecule has 7 heteroatoms. The van der Waals surface area contributed by atoms with Crippen LogP contribution in [0.3, 0.4) is 0 Å². The molecule has 1 unspecified atom stereocenters. The van der Waals surface area contributed by atoms with Crippen molar-refractivity contribution in [1.82, 2.24) is 4.72 Å². The van der Waals surface area contributed by atoms with Gasteiger partial charge in [-0.15, -0.1) is 0 Å². The van der Waals surface area contributed by atoms with E-state index >= 15 is 0 Å². The van der Waals surface area contributed by atoms with Gasteiger partial charge in [-0.3, -0.25) is 0 Å². The lowest BCUT2D eigenvalue weighted by Gasteiger charge is -2.20. The van der Waals surface area contributed by atoms with Gasteiger partial charge in [-0.1, -0.05) is 12.2 Å². The molecule has 1 aliphatic rings. The molecule has 104 valence electrons. The fraction of sp³-hybridized carbons (Fsp3) is 0.333. The van der Waals surface area contributed by atoms with Gasteiger partial charge < -0.3 is 5.73 Å². The third kappa shape index (κ3) is 3.34. The van der Waals surface area contributed by atoms with Gasteiger partial charge in [0.05, 0.1) is 10.6 Å². The number of allylic oxidation sites excluding steroid dienone is 1. The minimum absolute atomic E-state index is 0.0408. The van der Waals surface area contributed by atoms with Crippen LogP contribution in [0.1, 0.15) is 19.3 Å². The Morgan fingerprint density at radius 3 is 2.74 bits per heavy atom. The van der Waals surface area contributed by atoms with Gasteiger partial charge in [0.15, 0.2) is 0 Å². The van der Waals surface area contributed by atoms with Gasteiger partial charge in [0.25, 0.3) is 0 Å². The van der Waals surface area contributed by atoms with E-state index in [4.69, 9.17) is 5.73 Å². The topological polar surface area (TPSA) is 72.2 Å². The number of rotatable bonds is 3. The van der Waals surface area contributed by atoms with Gasteiger partial charge in [0.1, 0.15) is 5.82 Å². The minimum atomic E-state index is -3.71. The summed E-state index contributed by atoms with van der Waals surface area (Å²) in [5.41, 5.74) is 5.23. The second kappa shape index (κ2) is 5.60. The molecule has 0 radical (unpaired) electrons. The van der Waals surface area contributed by atoms with Crippen molar-refractivity contribution in [2.45, 2.75) is 30.2 Å². The molecule has 2 rings (SSSR count). The Kier molecular flexibility index (Phi) is 4.27. The molecule has 0 saturated heterocycles. The molecular formula is C12H14BrFN2O2S. The molecule has 0 saturated carbocycles. The monoisotopic (exact) mass is 348 g/mol. The lowest BCUT2D eigenvalue weighted by atomic mass is 10.0. The summed E-state index contributed by atoms with van der Waals surface area (Å²) in [7, 11) is -3.71. The largest absolute Gasteiger partial charge is 0.396 e. The van der Waals surface area contributed by atoms with E-state index < -0.39 is 15.8 Å². The Morgan fingerprint density at radius 1 is 1.37 bits per heavy atom. The maximum atomic E-state index is 13.2. The highest BCUT2D eigenvalue weighted by Crippen LogP contribution is 2.27. The molecular weight excluding hydrogens is 335 g/mol. The first-order valence-corrected chi connectivity index (χ1v) is 8.09. The highest BCUT2D eigenvalue weighted by Gasteiger charge is 2.23. The van der Waals surface area contributed by atoms with E-state index in [0.717, 1.165) is 25.0 Å². The standard InChI is InChI=1S/C12H14BrFN2O2S/c13-9-6-10(14)11(15)7-12(9)19(17,18)16-8-4-2-1-3-5-8/h1-2,6-8,16H,3-5,15H2. The van der Waals surface area contributed by atoms with Gasteiger partial charge >= 0.3 is 0 Å². The van der Waals surface area contributed by atoms with Gasteiger partial charge in [0, 0.05) is 10.5 Å². The number of halogens is 2. The Hall–Kier alpha value is -0.920. The number of nitrogens with one attached hydrogen (secondary N) is 1. The number of hydrogen-bond donors (Lipinski definition) is 2. The summed E-state index contributed by atoms with van der Waals surface area (Å²) in [4.78, 5) is -0.0408. The van der Waals surface area contributed by atoms with E-state index in [1.54, 1.807) is 0 Å². The van der Waals surface area contributed by atoms with Crippen LogP contribution in [-0.2, 0) is 10.0 Å². The number of nitrogen functional groups attached to an aromatic ring is 1. The van der Waals surface area contributed by atoms with Gasteiger partial charge in [-0.25, -0.2) is 17.5 Å². The summed E-state index contributed by atoms with van der Waals surface area (Å²) >= 11 is 3.05. The third-order valence-electron chi connectivity index (χ3n) is 2.93. The van der Waals surface area contributed by atoms with Crippen LogP contribution in [0.2, 0.25) is 0 Å². The van der Waals surface area contributed by atoms with Crippen LogP contribution < -0.4 is 10.5 Å². The van der Waals surface area contributed by atoms with Crippen LogP contribution in [0.15, 0.2) is 33.7 Å². The first-order chi connectivity index (χ1) is 8.90. The molecule has 1 atom stereocenters. The Bertz CT molecular complexity index is 616. The van der Waals surface area contributed by atoms with Gasteiger partial charge in [-0.2, -0.15) is 0 Å². The maximum absolute atomic E-state index is 13.2. The summed E-state index contributed by atoms with van der Waals surface area (Å²) in [6.45, 7) is 0. The van der Waals surface area contributed by atoms with Crippen LogP contribution in [0.5, 0.6) is 0 Å². The van der Waals surface area contributed by atoms with Gasteiger partial charge in [-0.05, 0) is 47.3 Å². The lowest BCUT2D eigenvalue weighted by molar-refractivity contribution is 0.522. The lowest BCUT2D eigenvalue weighted by Crippen LogP contribution is -2.35. The van der Waals surface area contributed by atoms with E-state index in [0.29, 0.717) is 6.42 Å². The van der Waals surface area contributed by atoms with Crippen molar-refractivity contribution < 1.29 is 12.8 Å². The Labute approximate surface area is 120 Å². The fourth-order valence-corrected chi connectivity index (χ4v) is 4.27. The summed E-state index contributed by atoms with van der Waals surface area (Å²) in [6, 6.07) is 2.05. The van der Waals surface area contributed by atoms with Crippen molar-refractivity contribution in [3.63, 3.8) is 0 Å². The van der Waals surface area contributed by atoms with Crippen LogP contribution in [0.25, 0.3) is 0 Å². The predicted molar refractivity (Wildman–Crippen MR) is 75.6 cm³/mol. The number of hydrogen-bond acceptors (Lipinski definition) is 3. The number of anilines is 1. The van der Waals surface area contributed by atoms with Crippen LogP contribution in [-0.4, -0.2) is 14.5 Å². The molecule has 0 aliphatic heterocycles. The SMILES string of the molecule is Nc1cc(S(=O)(=O)NC2CC=CCC2)c(Br)cc1F. The molecule has 1 aliphatic carbocycles. The van der Waals surface area contributed by atoms with E-state index in [9.17, 15) is 12.8 Å². The molecule has 4 nitrogen and oxygen atoms in total. The number of benzene rings is 1. The summed E-state index contributed by atoms with van der Waals surface area (Å²) in [5, 5.41) is 0. The molecule has 0 fully saturated rings. The predicted octanol–water partition coefficient (Wildman–Crippen LogP) is 2.56. The quantitative estimate of drug-likeness (QED) is 0.651. The van der Waals surface area contributed by atoms with Gasteiger partial charge in [0.2, 0.25) is 10.0 Å². The van der Waals surface area contributed by atoms with E-state index in [1.807, 2.05) is 12.2 Å². The zero-order chi connectivity index (χ0) is 14.0. The van der Waals surface area contributed by atoms with Crippen molar-refractivity contribution in [3.05, 3.63) is 34.6 Å². The highest BCUT2D eigenvalue weighted by molar-refractivity contribution is 9.10. The second-order valence-corrected chi connectivity index (χ2v) is 6.94. The number of nitrogens with two attached hydrogens (primary N) is 1. The molecule has 1 aromatic carbocycles. The zero-order valence-corrected chi connectivity index (χ0v) is 12.5. The normalized spacial score (nSPS) is 19.6. The first kappa shape index (κ1) is 14.5. The Morgan fingerprint density at radius 2 is 2.11 bits per heavy atom. The van der Waals surface area contributed by atoms with Crippen LogP contribution in [0.4, 0.5) is 10.1 Å². The Balaban J connectivity index is 2.29. The summed E-state index contributed by atoms with van der Waals surface area (Å²) < 4.78 is 40.5. The van der Waals surface area contributed by atoms with Crippen molar-refractivity contribution in [2.75, 3.05) is 5.73 Å². The van der Waals surface area contributed by atoms with E-state index in [-0.39, 0.29) is 21.1 Å². The average Bonchev–Trinajstić information content (AvgIpc) is 2.34. The molecule has 0 heterocycles. The summed E-state index contributed by atoms with van der Waals surface area (Å²) in [6.07, 6.45) is 6.23. The minimum Gasteiger partial charge on any atom is -0.396 e. The van der Waals surface area contributed by atoms with Crippen molar-refractivity contribution >= 4 is 31.6 Å². The molecule has 0 amide bonds. The molecule has 0 spiro atoms. The molecule has 3 N–H and O–H groups in total. The fourth-order valence-electron chi connectivity index (χ4n) is 1.93. The van der Waals surface area contributed by atoms with Crippen molar-refractivity contribution in [3.8, 4) is 0 Å². The third-order valence-corrected chi connectivity index (χ3v) is 5.41. The van der Waals surface area contributed by atoms with Crippen molar-refractivity contribution in [2.24, 2.45) is 0 Å². The van der Waals surface area contributed by atoms with E-state index in [1.165, 1.54) is 0 Å². The molecule has 0 aromatic heterocycles. The maximum Gasteiger partial charge on any atom is 0.242 e. The second-order valence-electron chi connectivity index (χ2n) is 4.41. The molecule has 1 aromatic rings. The molecule has 0 bridgehead atoms. The van der Waals surface area contributed by atoms with Crippen LogP contribution in [0, 0.1) is 5.82 Å². The average molecular weight is 349 g/mol. The first-order valence-electron chi connectivity index (χ1n) is 5.82.